The summed E-state index contributed by atoms with van der Waals surface area (Å²) in [5.74, 6) is 0. The summed E-state index contributed by atoms with van der Waals surface area (Å²) in [4.78, 5) is 11.9. The highest BCUT2D eigenvalue weighted by Crippen LogP contribution is 2.33. The van der Waals surface area contributed by atoms with Crippen LogP contribution >= 0.6 is 0 Å². The molecule has 0 heterocycles. The van der Waals surface area contributed by atoms with Gasteiger partial charge >= 0.3 is 0 Å². The molecule has 0 saturated carbocycles. The summed E-state index contributed by atoms with van der Waals surface area (Å²) in [7, 11) is 0. The quantitative estimate of drug-likeness (QED) is 0.287. The fourth-order valence-corrected chi connectivity index (χ4v) is 4.68. The first-order chi connectivity index (χ1) is 16.2. The average molecular weight is 425 g/mol. The fraction of sp³-hybridized carbons (Fsp3) is 0.0312. The molecule has 0 atom stereocenters. The molecule has 0 amide bonds. The third-order valence-corrected chi connectivity index (χ3v) is 6.21. The van der Waals surface area contributed by atoms with Crippen LogP contribution in [0.2, 0.25) is 0 Å². The second-order valence-corrected chi connectivity index (χ2v) is 8.15. The van der Waals surface area contributed by atoms with Crippen LogP contribution in [0, 0.1) is 0 Å². The summed E-state index contributed by atoms with van der Waals surface area (Å²) in [5, 5.41) is 6.65. The Morgan fingerprint density at radius 1 is 0.727 bits per heavy atom. The lowest BCUT2D eigenvalue weighted by Gasteiger charge is -2.16. The molecule has 0 unspecified atom stereocenters. The molecule has 0 spiro atoms. The topological polar surface area (TPSA) is 17.1 Å². The van der Waals surface area contributed by atoms with Gasteiger partial charge in [-0.1, -0.05) is 110 Å². The third-order valence-electron chi connectivity index (χ3n) is 6.21. The van der Waals surface area contributed by atoms with E-state index >= 15 is 0 Å². The number of benzene rings is 5. The van der Waals surface area contributed by atoms with Crippen LogP contribution in [0.4, 0.5) is 0 Å². The number of carbonyl (C=O) groups excluding carboxylic acids is 1. The second kappa shape index (κ2) is 8.72. The number of hydrogen-bond donors (Lipinski definition) is 0. The Morgan fingerprint density at radius 2 is 1.39 bits per heavy atom. The number of fused-ring (bicyclic) bond motifs is 2. The van der Waals surface area contributed by atoms with Gasteiger partial charge in [-0.05, 0) is 67.2 Å². The van der Waals surface area contributed by atoms with Gasteiger partial charge < -0.3 is 0 Å². The first kappa shape index (κ1) is 20.7. The van der Waals surface area contributed by atoms with Crippen molar-refractivity contribution in [2.75, 3.05) is 0 Å². The minimum atomic E-state index is 0.669. The molecule has 0 saturated heterocycles. The smallest absolute Gasteiger partial charge is 0.150 e. The van der Waals surface area contributed by atoms with Gasteiger partial charge in [0.1, 0.15) is 0 Å². The lowest BCUT2D eigenvalue weighted by Crippen LogP contribution is -2.28. The van der Waals surface area contributed by atoms with Gasteiger partial charge in [-0.3, -0.25) is 4.79 Å². The van der Waals surface area contributed by atoms with Crippen LogP contribution in [0.15, 0.2) is 103 Å². The highest BCUT2D eigenvalue weighted by atomic mass is 16.1. The molecular weight excluding hydrogens is 400 g/mol. The van der Waals surface area contributed by atoms with E-state index in [0.29, 0.717) is 5.56 Å². The summed E-state index contributed by atoms with van der Waals surface area (Å²) in [6.07, 6.45) is 7.14. The number of rotatable bonds is 4. The maximum absolute atomic E-state index is 11.9. The number of aldehydes is 1. The Balaban J connectivity index is 1.97. The molecule has 158 valence electrons. The molecule has 0 aliphatic heterocycles. The molecule has 5 aromatic carbocycles. The molecule has 5 rings (SSSR count). The molecule has 0 N–H and O–H groups in total. The summed E-state index contributed by atoms with van der Waals surface area (Å²) in [5.41, 5.74) is 4.90. The molecule has 0 aliphatic rings. The van der Waals surface area contributed by atoms with E-state index in [0.717, 1.165) is 49.7 Å². The van der Waals surface area contributed by atoms with Gasteiger partial charge in [0.15, 0.2) is 6.29 Å². The van der Waals surface area contributed by atoms with Crippen molar-refractivity contribution in [1.82, 2.24) is 0 Å². The maximum atomic E-state index is 11.9. The van der Waals surface area contributed by atoms with Gasteiger partial charge in [0.05, 0.1) is 0 Å². The Hall–Kier alpha value is -4.23. The van der Waals surface area contributed by atoms with E-state index in [9.17, 15) is 4.79 Å². The summed E-state index contributed by atoms with van der Waals surface area (Å²) >= 11 is 0. The standard InChI is InChI=1S/C32H24O/c1-3-4-14-27-22(2)31(28-15-8-7-13-26(28)21-33)29-16-9-10-17-30(29)32(27)25-19-18-23-11-5-6-12-24(23)20-25/h3-21H,2H2,1H3/b4-3-,27-14+. The number of hydrogen-bond acceptors (Lipinski definition) is 1. The Bertz CT molecular complexity index is 1650. The third kappa shape index (κ3) is 3.58. The summed E-state index contributed by atoms with van der Waals surface area (Å²) < 4.78 is 0. The summed E-state index contributed by atoms with van der Waals surface area (Å²) in [6.45, 7) is 6.56. The van der Waals surface area contributed by atoms with E-state index in [2.05, 4.69) is 79.4 Å². The zero-order valence-corrected chi connectivity index (χ0v) is 18.6. The SMILES string of the molecule is C=c1c(-c2ccccc2C=O)c2ccccc2c(-c2ccc3ccccc3c2)/c1=C/C=C\C. The molecule has 0 aliphatic carbocycles. The highest BCUT2D eigenvalue weighted by Gasteiger charge is 2.15. The molecule has 1 nitrogen and oxygen atoms in total. The van der Waals surface area contributed by atoms with Crippen molar-refractivity contribution in [1.29, 1.82) is 0 Å². The first-order valence-electron chi connectivity index (χ1n) is 11.1. The number of allylic oxidation sites excluding steroid dienone is 2. The normalized spacial score (nSPS) is 12.1. The van der Waals surface area contributed by atoms with Crippen molar-refractivity contribution < 1.29 is 4.79 Å². The van der Waals surface area contributed by atoms with Crippen molar-refractivity contribution >= 4 is 40.5 Å². The van der Waals surface area contributed by atoms with Gasteiger partial charge in [0.25, 0.3) is 0 Å². The van der Waals surface area contributed by atoms with Crippen molar-refractivity contribution in [3.63, 3.8) is 0 Å². The molecule has 0 bridgehead atoms. The minimum Gasteiger partial charge on any atom is -0.298 e. The Labute approximate surface area is 193 Å². The van der Waals surface area contributed by atoms with E-state index in [1.54, 1.807) is 0 Å². The van der Waals surface area contributed by atoms with Crippen molar-refractivity contribution in [3.05, 3.63) is 119 Å². The Kier molecular flexibility index (Phi) is 5.46. The summed E-state index contributed by atoms with van der Waals surface area (Å²) in [6, 6.07) is 31.2. The molecule has 5 aromatic rings. The van der Waals surface area contributed by atoms with E-state index < -0.39 is 0 Å². The second-order valence-electron chi connectivity index (χ2n) is 8.15. The zero-order valence-electron chi connectivity index (χ0n) is 18.6. The zero-order chi connectivity index (χ0) is 22.8. The van der Waals surface area contributed by atoms with Crippen molar-refractivity contribution in [3.8, 4) is 22.3 Å². The van der Waals surface area contributed by atoms with Crippen LogP contribution < -0.4 is 10.4 Å². The molecule has 33 heavy (non-hydrogen) atoms. The Morgan fingerprint density at radius 3 is 2.15 bits per heavy atom. The molecule has 0 radical (unpaired) electrons. The lowest BCUT2D eigenvalue weighted by molar-refractivity contribution is 0.112. The largest absolute Gasteiger partial charge is 0.298 e. The van der Waals surface area contributed by atoms with Crippen molar-refractivity contribution in [2.45, 2.75) is 6.92 Å². The van der Waals surface area contributed by atoms with Gasteiger partial charge in [0.2, 0.25) is 0 Å². The number of carbonyl (C=O) groups is 1. The van der Waals surface area contributed by atoms with Crippen molar-refractivity contribution in [2.24, 2.45) is 0 Å². The van der Waals surface area contributed by atoms with E-state index in [1.165, 1.54) is 10.8 Å². The molecule has 0 fully saturated rings. The predicted molar refractivity (Wildman–Crippen MR) is 142 cm³/mol. The molecule has 0 aromatic heterocycles. The van der Waals surface area contributed by atoms with E-state index in [1.807, 2.05) is 43.3 Å². The van der Waals surface area contributed by atoms with Crippen LogP contribution in [-0.4, -0.2) is 6.29 Å². The van der Waals surface area contributed by atoms with Crippen LogP contribution in [0.25, 0.3) is 56.5 Å². The average Bonchev–Trinajstić information content (AvgIpc) is 2.87. The first-order valence-corrected chi connectivity index (χ1v) is 11.1. The van der Waals surface area contributed by atoms with Crippen LogP contribution in [0.3, 0.4) is 0 Å². The van der Waals surface area contributed by atoms with Crippen LogP contribution in [0.5, 0.6) is 0 Å². The van der Waals surface area contributed by atoms with Crippen LogP contribution in [-0.2, 0) is 0 Å². The fourth-order valence-electron chi connectivity index (χ4n) is 4.68. The van der Waals surface area contributed by atoms with Gasteiger partial charge in [0, 0.05) is 5.56 Å². The lowest BCUT2D eigenvalue weighted by atomic mass is 9.87. The van der Waals surface area contributed by atoms with Gasteiger partial charge in [-0.25, -0.2) is 0 Å². The monoisotopic (exact) mass is 424 g/mol. The molecule has 1 heteroatoms. The van der Waals surface area contributed by atoms with E-state index in [-0.39, 0.29) is 0 Å². The predicted octanol–water partition coefficient (Wildman–Crippen LogP) is 6.91. The maximum Gasteiger partial charge on any atom is 0.150 e. The minimum absolute atomic E-state index is 0.669. The highest BCUT2D eigenvalue weighted by molar-refractivity contribution is 6.08. The molecular formula is C32H24O. The van der Waals surface area contributed by atoms with Crippen LogP contribution in [0.1, 0.15) is 17.3 Å². The van der Waals surface area contributed by atoms with E-state index in [4.69, 9.17) is 0 Å². The van der Waals surface area contributed by atoms with Gasteiger partial charge in [-0.15, -0.1) is 0 Å². The van der Waals surface area contributed by atoms with Gasteiger partial charge in [-0.2, -0.15) is 0 Å².